The molecular formula is C35H59NO7. The molecule has 4 aliphatic carbocycles. The Labute approximate surface area is 259 Å². The van der Waals surface area contributed by atoms with Gasteiger partial charge < -0.3 is 25.0 Å². The van der Waals surface area contributed by atoms with E-state index >= 15 is 0 Å². The van der Waals surface area contributed by atoms with Gasteiger partial charge in [0.15, 0.2) is 0 Å². The zero-order valence-electron chi connectivity index (χ0n) is 28.0. The van der Waals surface area contributed by atoms with E-state index < -0.39 is 23.8 Å². The molecule has 4 rings (SSSR count). The van der Waals surface area contributed by atoms with Gasteiger partial charge in [-0.25, -0.2) is 0 Å². The highest BCUT2D eigenvalue weighted by molar-refractivity contribution is 5.82. The van der Waals surface area contributed by atoms with E-state index in [9.17, 15) is 24.6 Å². The number of aliphatic hydroxyl groups is 2. The summed E-state index contributed by atoms with van der Waals surface area (Å²) in [6.45, 7) is 16.0. The first-order valence-electron chi connectivity index (χ1n) is 17.1. The first-order valence-corrected chi connectivity index (χ1v) is 17.1. The molecule has 43 heavy (non-hydrogen) atoms. The van der Waals surface area contributed by atoms with Crippen LogP contribution in [0.2, 0.25) is 0 Å². The van der Waals surface area contributed by atoms with E-state index in [2.05, 4.69) is 26.1 Å². The van der Waals surface area contributed by atoms with E-state index in [-0.39, 0.29) is 76.8 Å². The summed E-state index contributed by atoms with van der Waals surface area (Å²) >= 11 is 0. The van der Waals surface area contributed by atoms with Crippen LogP contribution in [0, 0.1) is 52.3 Å². The van der Waals surface area contributed by atoms with Crippen LogP contribution >= 0.6 is 0 Å². The van der Waals surface area contributed by atoms with E-state index in [1.54, 1.807) is 20.8 Å². The van der Waals surface area contributed by atoms with Gasteiger partial charge in [-0.05, 0) is 125 Å². The predicted molar refractivity (Wildman–Crippen MR) is 165 cm³/mol. The lowest BCUT2D eigenvalue weighted by Crippen LogP contribution is -2.62. The summed E-state index contributed by atoms with van der Waals surface area (Å²) in [5, 5.41) is 26.3. The molecule has 3 N–H and O–H groups in total. The molecule has 8 heteroatoms. The van der Waals surface area contributed by atoms with E-state index in [0.29, 0.717) is 19.3 Å². The number of carbonyl (C=O) groups is 3. The summed E-state index contributed by atoms with van der Waals surface area (Å²) < 4.78 is 11.2. The predicted octanol–water partition coefficient (Wildman–Crippen LogP) is 5.42. The Bertz CT molecular complexity index is 1020. The molecule has 0 heterocycles. The van der Waals surface area contributed by atoms with Gasteiger partial charge in [0.1, 0.15) is 18.2 Å². The molecule has 4 aliphatic rings. The SMILES string of the molecule is CCC(C)C(=O)OC1CC[C@@]2(C)C(C1)CC(O)C1C2CC(O)[C@]2(C)C(C(C)CCC(=O)NCC(=O)OC(C)(C)C)CCC12. The van der Waals surface area contributed by atoms with Crippen LogP contribution in [0.15, 0.2) is 0 Å². The van der Waals surface area contributed by atoms with Gasteiger partial charge >= 0.3 is 11.9 Å². The van der Waals surface area contributed by atoms with Crippen molar-refractivity contribution in [2.45, 2.75) is 144 Å². The summed E-state index contributed by atoms with van der Waals surface area (Å²) in [7, 11) is 0. The van der Waals surface area contributed by atoms with E-state index in [4.69, 9.17) is 9.47 Å². The van der Waals surface area contributed by atoms with Crippen LogP contribution in [0.4, 0.5) is 0 Å². The van der Waals surface area contributed by atoms with Crippen LogP contribution in [-0.2, 0) is 23.9 Å². The number of hydrogen-bond acceptors (Lipinski definition) is 7. The fourth-order valence-electron chi connectivity index (χ4n) is 9.87. The van der Waals surface area contributed by atoms with Crippen molar-refractivity contribution in [1.29, 1.82) is 0 Å². The lowest BCUT2D eigenvalue weighted by Gasteiger charge is -2.63. The molecule has 10 unspecified atom stereocenters. The molecule has 0 aliphatic heterocycles. The third-order valence-corrected chi connectivity index (χ3v) is 12.5. The Balaban J connectivity index is 1.38. The van der Waals surface area contributed by atoms with Crippen molar-refractivity contribution in [3.63, 3.8) is 0 Å². The highest BCUT2D eigenvalue weighted by atomic mass is 16.6. The van der Waals surface area contributed by atoms with E-state index in [1.165, 1.54) is 0 Å². The zero-order valence-corrected chi connectivity index (χ0v) is 28.0. The summed E-state index contributed by atoms with van der Waals surface area (Å²) in [6.07, 6.45) is 6.83. The summed E-state index contributed by atoms with van der Waals surface area (Å²) in [6, 6.07) is 0. The minimum Gasteiger partial charge on any atom is -0.462 e. The second-order valence-corrected chi connectivity index (χ2v) is 16.1. The van der Waals surface area contributed by atoms with Crippen LogP contribution in [0.1, 0.15) is 120 Å². The maximum Gasteiger partial charge on any atom is 0.325 e. The normalized spacial score (nSPS) is 40.3. The van der Waals surface area contributed by atoms with Gasteiger partial charge in [0.2, 0.25) is 5.91 Å². The highest BCUT2D eigenvalue weighted by Gasteiger charge is 2.65. The third-order valence-electron chi connectivity index (χ3n) is 12.5. The average molecular weight is 606 g/mol. The highest BCUT2D eigenvalue weighted by Crippen LogP contribution is 2.68. The first-order chi connectivity index (χ1) is 20.0. The smallest absolute Gasteiger partial charge is 0.325 e. The van der Waals surface area contributed by atoms with Crippen LogP contribution in [-0.4, -0.2) is 58.5 Å². The van der Waals surface area contributed by atoms with Crippen LogP contribution < -0.4 is 5.32 Å². The molecule has 8 nitrogen and oxygen atoms in total. The van der Waals surface area contributed by atoms with Crippen molar-refractivity contribution < 1.29 is 34.1 Å². The molecule has 246 valence electrons. The topological polar surface area (TPSA) is 122 Å². The number of carbonyl (C=O) groups excluding carboxylic acids is 3. The Kier molecular flexibility index (Phi) is 10.3. The number of fused-ring (bicyclic) bond motifs is 5. The van der Waals surface area contributed by atoms with Gasteiger partial charge in [-0.3, -0.25) is 14.4 Å². The summed E-state index contributed by atoms with van der Waals surface area (Å²) in [5.41, 5.74) is -0.877. The van der Waals surface area contributed by atoms with Gasteiger partial charge in [0.25, 0.3) is 0 Å². The number of hydrogen-bond donors (Lipinski definition) is 3. The second kappa shape index (κ2) is 13.0. The maximum atomic E-state index is 12.6. The van der Waals surface area contributed by atoms with Crippen molar-refractivity contribution in [3.05, 3.63) is 0 Å². The molecule has 4 fully saturated rings. The molecule has 0 aromatic rings. The van der Waals surface area contributed by atoms with Crippen LogP contribution in [0.25, 0.3) is 0 Å². The lowest BCUT2D eigenvalue weighted by molar-refractivity contribution is -0.210. The fourth-order valence-corrected chi connectivity index (χ4v) is 9.87. The number of esters is 2. The van der Waals surface area contributed by atoms with Crippen molar-refractivity contribution in [1.82, 2.24) is 5.32 Å². The Hall–Kier alpha value is -1.67. The van der Waals surface area contributed by atoms with Gasteiger partial charge in [-0.1, -0.05) is 34.6 Å². The van der Waals surface area contributed by atoms with Crippen molar-refractivity contribution in [2.24, 2.45) is 52.3 Å². The van der Waals surface area contributed by atoms with Crippen LogP contribution in [0.3, 0.4) is 0 Å². The zero-order chi connectivity index (χ0) is 31.9. The number of ether oxygens (including phenoxy) is 2. The fraction of sp³-hybridized carbons (Fsp3) is 0.914. The van der Waals surface area contributed by atoms with Crippen molar-refractivity contribution in [3.8, 4) is 0 Å². The van der Waals surface area contributed by atoms with Crippen LogP contribution in [0.5, 0.6) is 0 Å². The number of rotatable bonds is 9. The van der Waals surface area contributed by atoms with Crippen molar-refractivity contribution in [2.75, 3.05) is 6.54 Å². The van der Waals surface area contributed by atoms with E-state index in [0.717, 1.165) is 44.9 Å². The molecule has 4 saturated carbocycles. The van der Waals surface area contributed by atoms with Gasteiger partial charge in [-0.2, -0.15) is 0 Å². The minimum atomic E-state index is -0.587. The standard InChI is InChI=1S/C35H59NO7/c1-9-20(2)32(41)42-23-14-15-34(7)22(16-23)17-27(37)31-25-12-11-24(35(25,8)28(38)18-26(31)34)21(3)10-13-29(39)36-19-30(40)43-33(4,5)6/h20-28,31,37-38H,9-19H2,1-8H3,(H,36,39)/t20?,21?,22?,23?,24?,25?,26?,27?,28?,31?,34-,35+/m0/s1. The second-order valence-electron chi connectivity index (χ2n) is 16.1. The number of aliphatic hydroxyl groups excluding tert-OH is 2. The first kappa shape index (κ1) is 34.2. The monoisotopic (exact) mass is 605 g/mol. The largest absolute Gasteiger partial charge is 0.462 e. The molecule has 0 radical (unpaired) electrons. The molecule has 0 bridgehead atoms. The molecule has 0 aromatic carbocycles. The van der Waals surface area contributed by atoms with Gasteiger partial charge in [0.05, 0.1) is 18.1 Å². The Morgan fingerprint density at radius 1 is 1.00 bits per heavy atom. The molecule has 0 saturated heterocycles. The average Bonchev–Trinajstić information content (AvgIpc) is 3.28. The molecule has 12 atom stereocenters. The molecule has 0 aromatic heterocycles. The number of amides is 1. The van der Waals surface area contributed by atoms with E-state index in [1.807, 2.05) is 13.8 Å². The Morgan fingerprint density at radius 3 is 2.35 bits per heavy atom. The summed E-state index contributed by atoms with van der Waals surface area (Å²) in [5.74, 6) is 0.606. The lowest BCUT2D eigenvalue weighted by atomic mass is 9.43. The maximum absolute atomic E-state index is 12.6. The number of nitrogens with one attached hydrogen (secondary N) is 1. The van der Waals surface area contributed by atoms with Gasteiger partial charge in [-0.15, -0.1) is 0 Å². The molecule has 0 spiro atoms. The van der Waals surface area contributed by atoms with Crippen molar-refractivity contribution >= 4 is 17.8 Å². The minimum absolute atomic E-state index is 0.0153. The molecule has 1 amide bonds. The molecular weight excluding hydrogens is 546 g/mol. The Morgan fingerprint density at radius 2 is 1.70 bits per heavy atom. The van der Waals surface area contributed by atoms with Gasteiger partial charge in [0, 0.05) is 6.42 Å². The summed E-state index contributed by atoms with van der Waals surface area (Å²) in [4.78, 5) is 37.1. The third kappa shape index (κ3) is 6.95. The quantitative estimate of drug-likeness (QED) is 0.300.